The molecule has 1 fully saturated rings. The molecule has 0 saturated heterocycles. The summed E-state index contributed by atoms with van der Waals surface area (Å²) in [5.74, 6) is 1.41. The molecule has 1 aliphatic carbocycles. The summed E-state index contributed by atoms with van der Waals surface area (Å²) in [4.78, 5) is 4.58. The van der Waals surface area contributed by atoms with Crippen molar-refractivity contribution in [2.75, 3.05) is 6.54 Å². The molecule has 2 aromatic rings. The predicted octanol–water partition coefficient (Wildman–Crippen LogP) is 2.49. The lowest BCUT2D eigenvalue weighted by Gasteiger charge is -2.15. The molecular weight excluding hydrogens is 248 g/mol. The molecule has 1 aromatic carbocycles. The maximum Gasteiger partial charge on any atom is 0.124 e. The molecule has 1 N–H and O–H groups in total. The standard InChI is InChI=1S/C16H20N4/c1-12(10-18-13-6-7-13)11-20-15-5-3-2-4-14(15)19-16(20)8-9-17/h2-5,12-13,18H,6-8,10-11H2,1H3. The number of rotatable bonds is 6. The molecule has 104 valence electrons. The highest BCUT2D eigenvalue weighted by Gasteiger charge is 2.21. The number of nitriles is 1. The zero-order chi connectivity index (χ0) is 13.9. The summed E-state index contributed by atoms with van der Waals surface area (Å²) in [6, 6.07) is 11.1. The van der Waals surface area contributed by atoms with Crippen molar-refractivity contribution in [2.45, 2.75) is 38.8 Å². The first-order valence-electron chi connectivity index (χ1n) is 7.32. The van der Waals surface area contributed by atoms with Gasteiger partial charge in [-0.05, 0) is 37.4 Å². The van der Waals surface area contributed by atoms with Crippen LogP contribution in [0.3, 0.4) is 0 Å². The third kappa shape index (κ3) is 2.83. The van der Waals surface area contributed by atoms with Crippen molar-refractivity contribution < 1.29 is 0 Å². The van der Waals surface area contributed by atoms with Gasteiger partial charge in [-0.1, -0.05) is 19.1 Å². The molecule has 0 aliphatic heterocycles. The fraction of sp³-hybridized carbons (Fsp3) is 0.500. The predicted molar refractivity (Wildman–Crippen MR) is 79.2 cm³/mol. The Labute approximate surface area is 119 Å². The molecule has 4 nitrogen and oxygen atoms in total. The van der Waals surface area contributed by atoms with Crippen molar-refractivity contribution in [3.05, 3.63) is 30.1 Å². The second-order valence-corrected chi connectivity index (χ2v) is 5.75. The Kier molecular flexibility index (Phi) is 3.70. The van der Waals surface area contributed by atoms with Crippen LogP contribution in [0.2, 0.25) is 0 Å². The molecule has 4 heteroatoms. The van der Waals surface area contributed by atoms with Gasteiger partial charge < -0.3 is 9.88 Å². The van der Waals surface area contributed by atoms with Gasteiger partial charge in [-0.3, -0.25) is 0 Å². The van der Waals surface area contributed by atoms with Crippen molar-refractivity contribution in [2.24, 2.45) is 5.92 Å². The summed E-state index contributed by atoms with van der Waals surface area (Å²) in [5.41, 5.74) is 2.12. The molecular formula is C16H20N4. The Morgan fingerprint density at radius 1 is 1.45 bits per heavy atom. The van der Waals surface area contributed by atoms with E-state index >= 15 is 0 Å². The molecule has 0 radical (unpaired) electrons. The van der Waals surface area contributed by atoms with Crippen molar-refractivity contribution in [1.82, 2.24) is 14.9 Å². The molecule has 20 heavy (non-hydrogen) atoms. The maximum atomic E-state index is 8.97. The van der Waals surface area contributed by atoms with Gasteiger partial charge in [0, 0.05) is 12.6 Å². The zero-order valence-corrected chi connectivity index (χ0v) is 11.8. The Morgan fingerprint density at radius 3 is 3.00 bits per heavy atom. The molecule has 1 unspecified atom stereocenters. The highest BCUT2D eigenvalue weighted by atomic mass is 15.1. The van der Waals surface area contributed by atoms with Crippen molar-refractivity contribution in [3.63, 3.8) is 0 Å². The van der Waals surface area contributed by atoms with Crippen LogP contribution >= 0.6 is 0 Å². The van der Waals surface area contributed by atoms with E-state index in [0.29, 0.717) is 12.3 Å². The monoisotopic (exact) mass is 268 g/mol. The zero-order valence-electron chi connectivity index (χ0n) is 11.8. The lowest BCUT2D eigenvalue weighted by molar-refractivity contribution is 0.444. The average molecular weight is 268 g/mol. The lowest BCUT2D eigenvalue weighted by Crippen LogP contribution is -2.26. The molecule has 1 atom stereocenters. The number of aromatic nitrogens is 2. The van der Waals surface area contributed by atoms with Crippen LogP contribution in [-0.4, -0.2) is 22.1 Å². The number of para-hydroxylation sites is 2. The number of benzene rings is 1. The first kappa shape index (κ1) is 13.1. The highest BCUT2D eigenvalue weighted by molar-refractivity contribution is 5.75. The normalized spacial score (nSPS) is 16.2. The number of hydrogen-bond acceptors (Lipinski definition) is 3. The van der Waals surface area contributed by atoms with E-state index in [1.54, 1.807) is 0 Å². The second kappa shape index (κ2) is 5.64. The Morgan fingerprint density at radius 2 is 2.25 bits per heavy atom. The van der Waals surface area contributed by atoms with Crippen LogP contribution in [0.15, 0.2) is 24.3 Å². The van der Waals surface area contributed by atoms with Gasteiger partial charge in [0.15, 0.2) is 0 Å². The summed E-state index contributed by atoms with van der Waals surface area (Å²) in [6.45, 7) is 4.20. The molecule has 3 rings (SSSR count). The molecule has 0 bridgehead atoms. The lowest BCUT2D eigenvalue weighted by atomic mass is 10.1. The molecule has 1 aliphatic rings. The average Bonchev–Trinajstić information content (AvgIpc) is 3.22. The Hall–Kier alpha value is -1.86. The van der Waals surface area contributed by atoms with Crippen molar-refractivity contribution >= 4 is 11.0 Å². The van der Waals surface area contributed by atoms with Crippen LogP contribution in [0.5, 0.6) is 0 Å². The minimum absolute atomic E-state index is 0.372. The molecule has 1 saturated carbocycles. The number of hydrogen-bond donors (Lipinski definition) is 1. The van der Waals surface area contributed by atoms with Gasteiger partial charge in [0.25, 0.3) is 0 Å². The van der Waals surface area contributed by atoms with Gasteiger partial charge in [-0.15, -0.1) is 0 Å². The van der Waals surface area contributed by atoms with E-state index in [0.717, 1.165) is 36.0 Å². The maximum absolute atomic E-state index is 8.97. The van der Waals surface area contributed by atoms with Gasteiger partial charge in [-0.2, -0.15) is 5.26 Å². The summed E-state index contributed by atoms with van der Waals surface area (Å²) in [7, 11) is 0. The quantitative estimate of drug-likeness (QED) is 0.875. The minimum atomic E-state index is 0.372. The highest BCUT2D eigenvalue weighted by Crippen LogP contribution is 2.20. The fourth-order valence-electron chi connectivity index (χ4n) is 2.57. The van der Waals surface area contributed by atoms with Crippen molar-refractivity contribution in [3.8, 4) is 6.07 Å². The number of imidazole rings is 1. The van der Waals surface area contributed by atoms with Crippen LogP contribution in [0.25, 0.3) is 11.0 Å². The molecule has 0 amide bonds. The van der Waals surface area contributed by atoms with E-state index in [4.69, 9.17) is 5.26 Å². The molecule has 0 spiro atoms. The van der Waals surface area contributed by atoms with Crippen LogP contribution in [0.1, 0.15) is 25.6 Å². The molecule has 1 aromatic heterocycles. The summed E-state index contributed by atoms with van der Waals surface area (Å²) < 4.78 is 2.21. The fourth-order valence-corrected chi connectivity index (χ4v) is 2.57. The molecule has 1 heterocycles. The van der Waals surface area contributed by atoms with Gasteiger partial charge in [0.2, 0.25) is 0 Å². The van der Waals surface area contributed by atoms with Gasteiger partial charge in [-0.25, -0.2) is 4.98 Å². The van der Waals surface area contributed by atoms with Crippen LogP contribution in [0.4, 0.5) is 0 Å². The first-order chi connectivity index (χ1) is 9.78. The van der Waals surface area contributed by atoms with E-state index in [1.807, 2.05) is 18.2 Å². The SMILES string of the molecule is CC(CNC1CC1)Cn1c(CC#N)nc2ccccc21. The third-order valence-electron chi connectivity index (χ3n) is 3.80. The largest absolute Gasteiger partial charge is 0.327 e. The van der Waals surface area contributed by atoms with Gasteiger partial charge >= 0.3 is 0 Å². The van der Waals surface area contributed by atoms with Crippen molar-refractivity contribution in [1.29, 1.82) is 5.26 Å². The summed E-state index contributed by atoms with van der Waals surface area (Å²) in [6.07, 6.45) is 3.01. The van der Waals surface area contributed by atoms with Crippen LogP contribution in [0, 0.1) is 17.2 Å². The van der Waals surface area contributed by atoms with E-state index in [-0.39, 0.29) is 0 Å². The second-order valence-electron chi connectivity index (χ2n) is 5.75. The van der Waals surface area contributed by atoms with Crippen LogP contribution in [-0.2, 0) is 13.0 Å². The number of nitrogens with one attached hydrogen (secondary N) is 1. The van der Waals surface area contributed by atoms with Gasteiger partial charge in [0.05, 0.1) is 23.5 Å². The number of nitrogens with zero attached hydrogens (tertiary/aromatic N) is 3. The Balaban J connectivity index is 1.80. The Bertz CT molecular complexity index is 633. The van der Waals surface area contributed by atoms with E-state index in [9.17, 15) is 0 Å². The van der Waals surface area contributed by atoms with E-state index in [2.05, 4.69) is 33.9 Å². The number of fused-ring (bicyclic) bond motifs is 1. The summed E-state index contributed by atoms with van der Waals surface area (Å²) >= 11 is 0. The van der Waals surface area contributed by atoms with E-state index in [1.165, 1.54) is 12.8 Å². The third-order valence-corrected chi connectivity index (χ3v) is 3.80. The minimum Gasteiger partial charge on any atom is -0.327 e. The van der Waals surface area contributed by atoms with E-state index < -0.39 is 0 Å². The van der Waals surface area contributed by atoms with Crippen LogP contribution < -0.4 is 5.32 Å². The first-order valence-corrected chi connectivity index (χ1v) is 7.32. The smallest absolute Gasteiger partial charge is 0.124 e. The summed E-state index contributed by atoms with van der Waals surface area (Å²) in [5, 5.41) is 12.5. The van der Waals surface area contributed by atoms with Gasteiger partial charge in [0.1, 0.15) is 5.82 Å². The topological polar surface area (TPSA) is 53.6 Å².